The smallest absolute Gasteiger partial charge is 0.361 e. The molecule has 156 valence electrons. The Morgan fingerprint density at radius 3 is 2.57 bits per heavy atom. The highest BCUT2D eigenvalue weighted by Gasteiger charge is 2.30. The fraction of sp³-hybridized carbons (Fsp3) is 0.474. The summed E-state index contributed by atoms with van der Waals surface area (Å²) in [6.07, 6.45) is -3.68. The minimum absolute atomic E-state index is 0. The number of benzene rings is 1. The molecule has 28 heavy (non-hydrogen) atoms. The van der Waals surface area contributed by atoms with Crippen LogP contribution in [0.3, 0.4) is 0 Å². The Morgan fingerprint density at radius 1 is 1.29 bits per heavy atom. The Hall–Kier alpha value is -1.78. The lowest BCUT2D eigenvalue weighted by atomic mass is 10.1. The van der Waals surface area contributed by atoms with Crippen LogP contribution in [0.15, 0.2) is 33.8 Å². The molecule has 1 unspecified atom stereocenters. The molecule has 1 aromatic carbocycles. The zero-order valence-electron chi connectivity index (χ0n) is 16.4. The molecule has 0 saturated heterocycles. The van der Waals surface area contributed by atoms with Crippen LogP contribution >= 0.6 is 24.0 Å². The minimum atomic E-state index is -4.36. The van der Waals surface area contributed by atoms with Crippen LogP contribution in [0.5, 0.6) is 0 Å². The molecule has 0 bridgehead atoms. The van der Waals surface area contributed by atoms with Crippen LogP contribution in [-0.2, 0) is 12.6 Å². The fourth-order valence-corrected chi connectivity index (χ4v) is 2.73. The van der Waals surface area contributed by atoms with Gasteiger partial charge in [-0.25, -0.2) is 0 Å². The summed E-state index contributed by atoms with van der Waals surface area (Å²) in [7, 11) is 0. The van der Waals surface area contributed by atoms with E-state index in [1.165, 1.54) is 6.07 Å². The lowest BCUT2D eigenvalue weighted by molar-refractivity contribution is -0.137. The first-order chi connectivity index (χ1) is 12.7. The van der Waals surface area contributed by atoms with E-state index in [0.717, 1.165) is 29.2 Å². The van der Waals surface area contributed by atoms with Gasteiger partial charge in [0, 0.05) is 18.7 Å². The Kier molecular flexibility index (Phi) is 9.25. The number of aromatic nitrogens is 1. The average Bonchev–Trinajstić information content (AvgIpc) is 2.93. The van der Waals surface area contributed by atoms with Crippen LogP contribution in [0.2, 0.25) is 0 Å². The fourth-order valence-electron chi connectivity index (χ4n) is 2.73. The maximum atomic E-state index is 12.9. The highest BCUT2D eigenvalue weighted by atomic mass is 127. The number of nitrogens with one attached hydrogen (secondary N) is 2. The van der Waals surface area contributed by atoms with Crippen LogP contribution in [-0.4, -0.2) is 24.2 Å². The molecule has 5 nitrogen and oxygen atoms in total. The van der Waals surface area contributed by atoms with Crippen molar-refractivity contribution in [3.05, 3.63) is 52.4 Å². The van der Waals surface area contributed by atoms with Crippen molar-refractivity contribution in [2.45, 2.75) is 46.3 Å². The molecule has 1 atom stereocenters. The zero-order chi connectivity index (χ0) is 20.0. The molecule has 1 heterocycles. The number of hydrogen-bond acceptors (Lipinski definition) is 3. The van der Waals surface area contributed by atoms with Gasteiger partial charge in [-0.15, -0.1) is 24.0 Å². The summed E-state index contributed by atoms with van der Waals surface area (Å²) in [5, 5.41) is 10.2. The highest BCUT2D eigenvalue weighted by Crippen LogP contribution is 2.30. The summed E-state index contributed by atoms with van der Waals surface area (Å²) in [4.78, 5) is 4.51. The van der Waals surface area contributed by atoms with Gasteiger partial charge in [0.25, 0.3) is 0 Å². The molecule has 0 saturated carbocycles. The van der Waals surface area contributed by atoms with Crippen molar-refractivity contribution in [3.63, 3.8) is 0 Å². The quantitative estimate of drug-likeness (QED) is 0.334. The van der Waals surface area contributed by atoms with E-state index in [4.69, 9.17) is 4.52 Å². The number of aryl methyl sites for hydroxylation is 2. The molecule has 1 aromatic heterocycles. The summed E-state index contributed by atoms with van der Waals surface area (Å²) in [5.74, 6) is 1.33. The van der Waals surface area contributed by atoms with E-state index in [1.54, 1.807) is 13.0 Å². The SMILES string of the molecule is CCNC(=NCCc1c(C)noc1C)NC(C)c1cccc(C(F)(F)F)c1.I. The van der Waals surface area contributed by atoms with Crippen LogP contribution in [0.1, 0.15) is 48.0 Å². The highest BCUT2D eigenvalue weighted by molar-refractivity contribution is 14.0. The second-order valence-electron chi connectivity index (χ2n) is 6.30. The minimum Gasteiger partial charge on any atom is -0.361 e. The van der Waals surface area contributed by atoms with Crippen molar-refractivity contribution in [2.24, 2.45) is 4.99 Å². The van der Waals surface area contributed by atoms with Gasteiger partial charge in [-0.2, -0.15) is 13.2 Å². The topological polar surface area (TPSA) is 62.5 Å². The molecular weight excluding hydrogens is 484 g/mol. The lowest BCUT2D eigenvalue weighted by Crippen LogP contribution is -2.39. The number of halogens is 4. The second-order valence-corrected chi connectivity index (χ2v) is 6.30. The molecule has 0 spiro atoms. The number of rotatable bonds is 6. The maximum absolute atomic E-state index is 12.9. The second kappa shape index (κ2) is 10.7. The van der Waals surface area contributed by atoms with Crippen LogP contribution in [0.4, 0.5) is 13.2 Å². The molecular formula is C19H26F3IN4O. The number of alkyl halides is 3. The van der Waals surface area contributed by atoms with Gasteiger partial charge in [0.15, 0.2) is 5.96 Å². The van der Waals surface area contributed by atoms with E-state index in [-0.39, 0.29) is 30.0 Å². The molecule has 0 amide bonds. The largest absolute Gasteiger partial charge is 0.416 e. The third-order valence-electron chi connectivity index (χ3n) is 4.22. The van der Waals surface area contributed by atoms with Crippen LogP contribution < -0.4 is 10.6 Å². The molecule has 0 aliphatic rings. The van der Waals surface area contributed by atoms with Gasteiger partial charge in [-0.3, -0.25) is 4.99 Å². The number of nitrogens with zero attached hydrogens (tertiary/aromatic N) is 2. The van der Waals surface area contributed by atoms with Gasteiger partial charge in [0.1, 0.15) is 5.76 Å². The van der Waals surface area contributed by atoms with Crippen molar-refractivity contribution in [3.8, 4) is 0 Å². The van der Waals surface area contributed by atoms with Crippen molar-refractivity contribution >= 4 is 29.9 Å². The number of aliphatic imine (C=N–C) groups is 1. The third kappa shape index (κ3) is 6.68. The normalized spacial score (nSPS) is 13.0. The van der Waals surface area contributed by atoms with Crippen molar-refractivity contribution < 1.29 is 17.7 Å². The first-order valence-electron chi connectivity index (χ1n) is 8.86. The summed E-state index contributed by atoms with van der Waals surface area (Å²) in [6.45, 7) is 8.63. The van der Waals surface area contributed by atoms with E-state index in [9.17, 15) is 13.2 Å². The monoisotopic (exact) mass is 510 g/mol. The van der Waals surface area contributed by atoms with Crippen molar-refractivity contribution in [1.29, 1.82) is 0 Å². The molecule has 2 N–H and O–H groups in total. The van der Waals surface area contributed by atoms with Gasteiger partial charge in [0.2, 0.25) is 0 Å². The average molecular weight is 510 g/mol. The Labute approximate surface area is 180 Å². The van der Waals surface area contributed by atoms with Crippen molar-refractivity contribution in [2.75, 3.05) is 13.1 Å². The Bertz CT molecular complexity index is 770. The van der Waals surface area contributed by atoms with Gasteiger partial charge in [-0.05, 0) is 51.8 Å². The summed E-state index contributed by atoms with van der Waals surface area (Å²) in [6, 6.07) is 4.98. The van der Waals surface area contributed by atoms with Gasteiger partial charge >= 0.3 is 6.18 Å². The summed E-state index contributed by atoms with van der Waals surface area (Å²) >= 11 is 0. The lowest BCUT2D eigenvalue weighted by Gasteiger charge is -2.19. The van der Waals surface area contributed by atoms with E-state index >= 15 is 0 Å². The molecule has 0 radical (unpaired) electrons. The van der Waals surface area contributed by atoms with Crippen LogP contribution in [0.25, 0.3) is 0 Å². The molecule has 0 aliphatic carbocycles. The van der Waals surface area contributed by atoms with Gasteiger partial charge < -0.3 is 15.2 Å². The molecule has 2 rings (SSSR count). The predicted octanol–water partition coefficient (Wildman–Crippen LogP) is 4.79. The Morgan fingerprint density at radius 2 is 2.00 bits per heavy atom. The predicted molar refractivity (Wildman–Crippen MR) is 114 cm³/mol. The van der Waals surface area contributed by atoms with E-state index in [2.05, 4.69) is 20.8 Å². The third-order valence-corrected chi connectivity index (χ3v) is 4.22. The molecule has 0 aliphatic heterocycles. The zero-order valence-corrected chi connectivity index (χ0v) is 18.7. The van der Waals surface area contributed by atoms with E-state index < -0.39 is 11.7 Å². The molecule has 0 fully saturated rings. The van der Waals surface area contributed by atoms with Crippen LogP contribution in [0, 0.1) is 13.8 Å². The standard InChI is InChI=1S/C19H25F3N4O.HI/c1-5-23-18(24-10-9-17-13(3)26-27-14(17)4)25-12(2)15-7-6-8-16(11-15)19(20,21)22;/h6-8,11-12H,5,9-10H2,1-4H3,(H2,23,24,25);1H. The number of hydrogen-bond donors (Lipinski definition) is 2. The molecule has 9 heteroatoms. The maximum Gasteiger partial charge on any atom is 0.416 e. The van der Waals surface area contributed by atoms with E-state index in [1.807, 2.05) is 20.8 Å². The van der Waals surface area contributed by atoms with Gasteiger partial charge in [-0.1, -0.05) is 17.3 Å². The molecule has 2 aromatic rings. The first kappa shape index (κ1) is 24.3. The number of guanidine groups is 1. The summed E-state index contributed by atoms with van der Waals surface area (Å²) in [5.41, 5.74) is 1.76. The van der Waals surface area contributed by atoms with Gasteiger partial charge in [0.05, 0.1) is 17.3 Å². The first-order valence-corrected chi connectivity index (χ1v) is 8.86. The Balaban J connectivity index is 0.00000392. The van der Waals surface area contributed by atoms with E-state index in [0.29, 0.717) is 31.0 Å². The van der Waals surface area contributed by atoms with Crippen molar-refractivity contribution in [1.82, 2.24) is 15.8 Å². The summed E-state index contributed by atoms with van der Waals surface area (Å²) < 4.78 is 43.9.